The van der Waals surface area contributed by atoms with Crippen LogP contribution in [0, 0.1) is 0 Å². The molecule has 0 aliphatic heterocycles. The molecule has 0 radical (unpaired) electrons. The number of hydrogen-bond donors (Lipinski definition) is 0. The second-order valence-electron chi connectivity index (χ2n) is 6.67. The van der Waals surface area contributed by atoms with E-state index in [1.54, 1.807) is 0 Å². The number of benzene rings is 3. The van der Waals surface area contributed by atoms with Crippen LogP contribution in [0.5, 0.6) is 0 Å². The molecule has 130 valence electrons. The van der Waals surface area contributed by atoms with Crippen LogP contribution in [0.4, 0.5) is 0 Å². The third kappa shape index (κ3) is 2.94. The fourth-order valence-electron chi connectivity index (χ4n) is 3.61. The standard InChI is InChI=1S/C24H17BrN2/c25-20-12-10-19(11-13-20)23-22(16-17-6-2-1-3-7-17)27-15-14-18-8-4-5-9-21(18)24(27)26-23/h1-15H,16H2. The van der Waals surface area contributed by atoms with Crippen LogP contribution in [0.2, 0.25) is 0 Å². The molecule has 3 heteroatoms. The van der Waals surface area contributed by atoms with Gasteiger partial charge in [-0.25, -0.2) is 4.98 Å². The lowest BCUT2D eigenvalue weighted by molar-refractivity contribution is 1.03. The molecule has 5 rings (SSSR count). The number of fused-ring (bicyclic) bond motifs is 3. The summed E-state index contributed by atoms with van der Waals surface area (Å²) in [6, 6.07) is 29.6. The lowest BCUT2D eigenvalue weighted by Crippen LogP contribution is -1.96. The smallest absolute Gasteiger partial charge is 0.145 e. The zero-order valence-electron chi connectivity index (χ0n) is 14.6. The number of aromatic nitrogens is 2. The molecule has 0 aliphatic rings. The molecule has 0 atom stereocenters. The van der Waals surface area contributed by atoms with Crippen molar-refractivity contribution in [3.05, 3.63) is 107 Å². The van der Waals surface area contributed by atoms with Crippen molar-refractivity contribution in [2.24, 2.45) is 0 Å². The van der Waals surface area contributed by atoms with Gasteiger partial charge in [-0.2, -0.15) is 0 Å². The highest BCUT2D eigenvalue weighted by Crippen LogP contribution is 2.30. The van der Waals surface area contributed by atoms with Gasteiger partial charge in [-0.05, 0) is 29.1 Å². The fourth-order valence-corrected chi connectivity index (χ4v) is 3.88. The Morgan fingerprint density at radius 1 is 0.778 bits per heavy atom. The molecule has 0 aliphatic carbocycles. The van der Waals surface area contributed by atoms with Crippen molar-refractivity contribution in [1.82, 2.24) is 9.38 Å². The summed E-state index contributed by atoms with van der Waals surface area (Å²) in [5, 5.41) is 2.39. The zero-order chi connectivity index (χ0) is 18.2. The van der Waals surface area contributed by atoms with E-state index < -0.39 is 0 Å². The predicted molar refractivity (Wildman–Crippen MR) is 115 cm³/mol. The van der Waals surface area contributed by atoms with E-state index in [1.807, 2.05) is 0 Å². The number of hydrogen-bond acceptors (Lipinski definition) is 1. The van der Waals surface area contributed by atoms with Crippen molar-refractivity contribution in [3.63, 3.8) is 0 Å². The Hall–Kier alpha value is -2.91. The third-order valence-electron chi connectivity index (χ3n) is 4.95. The van der Waals surface area contributed by atoms with Crippen molar-refractivity contribution in [2.45, 2.75) is 6.42 Å². The highest BCUT2D eigenvalue weighted by atomic mass is 79.9. The highest BCUT2D eigenvalue weighted by Gasteiger charge is 2.16. The molecular formula is C24H17BrN2. The van der Waals surface area contributed by atoms with Crippen LogP contribution >= 0.6 is 15.9 Å². The minimum atomic E-state index is 0.839. The van der Waals surface area contributed by atoms with Gasteiger partial charge in [-0.3, -0.25) is 0 Å². The number of nitrogens with zero attached hydrogens (tertiary/aromatic N) is 2. The van der Waals surface area contributed by atoms with Crippen LogP contribution in [0.15, 0.2) is 95.6 Å². The van der Waals surface area contributed by atoms with Crippen molar-refractivity contribution in [2.75, 3.05) is 0 Å². The van der Waals surface area contributed by atoms with Gasteiger partial charge in [0, 0.05) is 28.0 Å². The minimum Gasteiger partial charge on any atom is -0.303 e. The van der Waals surface area contributed by atoms with E-state index in [9.17, 15) is 0 Å². The Morgan fingerprint density at radius 2 is 1.52 bits per heavy atom. The summed E-state index contributed by atoms with van der Waals surface area (Å²) in [6.07, 6.45) is 2.98. The third-order valence-corrected chi connectivity index (χ3v) is 5.48. The van der Waals surface area contributed by atoms with Crippen LogP contribution in [-0.2, 0) is 6.42 Å². The van der Waals surface area contributed by atoms with Gasteiger partial charge < -0.3 is 4.40 Å². The largest absolute Gasteiger partial charge is 0.303 e. The molecule has 0 bridgehead atoms. The van der Waals surface area contributed by atoms with Crippen LogP contribution in [-0.4, -0.2) is 9.38 Å². The maximum atomic E-state index is 5.08. The Morgan fingerprint density at radius 3 is 2.33 bits per heavy atom. The van der Waals surface area contributed by atoms with E-state index >= 15 is 0 Å². The van der Waals surface area contributed by atoms with E-state index in [0.717, 1.165) is 27.8 Å². The molecular weight excluding hydrogens is 396 g/mol. The first-order valence-electron chi connectivity index (χ1n) is 8.98. The van der Waals surface area contributed by atoms with Crippen LogP contribution in [0.25, 0.3) is 27.7 Å². The summed E-state index contributed by atoms with van der Waals surface area (Å²) >= 11 is 3.53. The van der Waals surface area contributed by atoms with Gasteiger partial charge in [0.25, 0.3) is 0 Å². The predicted octanol–water partition coefficient (Wildman–Crippen LogP) is 6.51. The summed E-state index contributed by atoms with van der Waals surface area (Å²) < 4.78 is 3.32. The average Bonchev–Trinajstić information content (AvgIpc) is 3.08. The van der Waals surface area contributed by atoms with Gasteiger partial charge in [0.15, 0.2) is 0 Å². The first kappa shape index (κ1) is 16.3. The van der Waals surface area contributed by atoms with E-state index in [0.29, 0.717) is 0 Å². The second kappa shape index (κ2) is 6.67. The SMILES string of the molecule is Brc1ccc(-c2nc3c4ccccc4ccn3c2Cc2ccccc2)cc1. The molecule has 27 heavy (non-hydrogen) atoms. The van der Waals surface area contributed by atoms with Gasteiger partial charge in [-0.15, -0.1) is 0 Å². The van der Waals surface area contributed by atoms with E-state index in [4.69, 9.17) is 4.98 Å². The molecule has 0 saturated heterocycles. The molecule has 0 amide bonds. The Balaban J connectivity index is 1.79. The quantitative estimate of drug-likeness (QED) is 0.330. The number of pyridine rings is 1. The van der Waals surface area contributed by atoms with Gasteiger partial charge >= 0.3 is 0 Å². The molecule has 2 aromatic heterocycles. The van der Waals surface area contributed by atoms with Crippen LogP contribution < -0.4 is 0 Å². The van der Waals surface area contributed by atoms with Crippen molar-refractivity contribution >= 4 is 32.3 Å². The Labute approximate surface area is 166 Å². The Bertz CT molecular complexity index is 1240. The second-order valence-corrected chi connectivity index (χ2v) is 7.59. The molecule has 2 heterocycles. The van der Waals surface area contributed by atoms with Crippen molar-refractivity contribution < 1.29 is 0 Å². The van der Waals surface area contributed by atoms with Gasteiger partial charge in [0.1, 0.15) is 5.65 Å². The topological polar surface area (TPSA) is 17.3 Å². The highest BCUT2D eigenvalue weighted by molar-refractivity contribution is 9.10. The lowest BCUT2D eigenvalue weighted by atomic mass is 10.0. The maximum absolute atomic E-state index is 5.08. The molecule has 0 spiro atoms. The number of imidazole rings is 1. The summed E-state index contributed by atoms with van der Waals surface area (Å²) in [5.41, 5.74) is 5.69. The molecule has 3 aromatic carbocycles. The van der Waals surface area contributed by atoms with E-state index in [1.165, 1.54) is 22.0 Å². The molecule has 0 saturated carbocycles. The van der Waals surface area contributed by atoms with Gasteiger partial charge in [-0.1, -0.05) is 82.7 Å². The Kier molecular flexibility index (Phi) is 4.02. The van der Waals surface area contributed by atoms with Crippen LogP contribution in [0.3, 0.4) is 0 Å². The zero-order valence-corrected chi connectivity index (χ0v) is 16.2. The minimum absolute atomic E-state index is 0.839. The fraction of sp³-hybridized carbons (Fsp3) is 0.0417. The number of halogens is 1. The normalized spacial score (nSPS) is 11.3. The monoisotopic (exact) mass is 412 g/mol. The summed E-state index contributed by atoms with van der Waals surface area (Å²) in [5.74, 6) is 0. The molecule has 0 unspecified atom stereocenters. The average molecular weight is 413 g/mol. The summed E-state index contributed by atoms with van der Waals surface area (Å²) in [6.45, 7) is 0. The molecule has 2 nitrogen and oxygen atoms in total. The summed E-state index contributed by atoms with van der Waals surface area (Å²) in [4.78, 5) is 5.08. The molecule has 5 aromatic rings. The molecule has 0 fully saturated rings. The van der Waals surface area contributed by atoms with Crippen LogP contribution in [0.1, 0.15) is 11.3 Å². The maximum Gasteiger partial charge on any atom is 0.145 e. The van der Waals surface area contributed by atoms with E-state index in [-0.39, 0.29) is 0 Å². The number of rotatable bonds is 3. The first-order chi connectivity index (χ1) is 13.3. The van der Waals surface area contributed by atoms with Crippen molar-refractivity contribution in [1.29, 1.82) is 0 Å². The van der Waals surface area contributed by atoms with Crippen molar-refractivity contribution in [3.8, 4) is 11.3 Å². The first-order valence-corrected chi connectivity index (χ1v) is 9.77. The van der Waals surface area contributed by atoms with Gasteiger partial charge in [0.05, 0.1) is 11.4 Å². The summed E-state index contributed by atoms with van der Waals surface area (Å²) in [7, 11) is 0. The molecule has 0 N–H and O–H groups in total. The van der Waals surface area contributed by atoms with E-state index in [2.05, 4.69) is 111 Å². The lowest BCUT2D eigenvalue weighted by Gasteiger charge is -2.07. The van der Waals surface area contributed by atoms with Gasteiger partial charge in [0.2, 0.25) is 0 Å².